The second kappa shape index (κ2) is 6.62. The Morgan fingerprint density at radius 1 is 1.35 bits per heavy atom. The van der Waals surface area contributed by atoms with Gasteiger partial charge in [0.25, 0.3) is 5.91 Å². The molecule has 26 heavy (non-hydrogen) atoms. The standard InChI is InChI=1S/C18H20N6O2/c1-12(25)20-13-6-7-23(9-13)18(26)16-8-14(21-22-16)10-24-11-19-15-4-2-3-5-17(15)24/h2-5,8,11,13H,6-7,9-10H2,1H3,(H,20,25)(H,21,22)/t13-/m0/s1. The van der Waals surface area contributed by atoms with E-state index < -0.39 is 0 Å². The molecule has 8 heteroatoms. The molecule has 2 aromatic heterocycles. The fraction of sp³-hybridized carbons (Fsp3) is 0.333. The number of H-pyrrole nitrogens is 1. The molecule has 1 saturated heterocycles. The molecule has 3 aromatic rings. The van der Waals surface area contributed by atoms with Gasteiger partial charge >= 0.3 is 0 Å². The van der Waals surface area contributed by atoms with Gasteiger partial charge in [0.2, 0.25) is 5.91 Å². The molecule has 0 bridgehead atoms. The summed E-state index contributed by atoms with van der Waals surface area (Å²) in [6.07, 6.45) is 2.55. The first kappa shape index (κ1) is 16.3. The van der Waals surface area contributed by atoms with Gasteiger partial charge in [-0.2, -0.15) is 5.10 Å². The van der Waals surface area contributed by atoms with Crippen LogP contribution in [0.2, 0.25) is 0 Å². The summed E-state index contributed by atoms with van der Waals surface area (Å²) in [5.74, 6) is -0.185. The van der Waals surface area contributed by atoms with E-state index in [1.54, 1.807) is 17.3 Å². The van der Waals surface area contributed by atoms with Crippen molar-refractivity contribution in [3.8, 4) is 0 Å². The number of carbonyl (C=O) groups excluding carboxylic acids is 2. The molecule has 3 heterocycles. The maximum absolute atomic E-state index is 12.6. The third kappa shape index (κ3) is 3.17. The zero-order chi connectivity index (χ0) is 18.1. The number of nitrogens with one attached hydrogen (secondary N) is 2. The molecule has 134 valence electrons. The van der Waals surface area contributed by atoms with Crippen molar-refractivity contribution < 1.29 is 9.59 Å². The number of likely N-dealkylation sites (tertiary alicyclic amines) is 1. The molecule has 4 rings (SSSR count). The van der Waals surface area contributed by atoms with Crippen LogP contribution < -0.4 is 5.32 Å². The van der Waals surface area contributed by atoms with E-state index in [0.29, 0.717) is 25.3 Å². The molecule has 1 aliphatic heterocycles. The molecule has 0 aliphatic carbocycles. The zero-order valence-electron chi connectivity index (χ0n) is 14.5. The van der Waals surface area contributed by atoms with Crippen molar-refractivity contribution in [2.24, 2.45) is 0 Å². The molecule has 2 N–H and O–H groups in total. The average Bonchev–Trinajstić information content (AvgIpc) is 3.35. The van der Waals surface area contributed by atoms with Crippen LogP contribution in [-0.4, -0.2) is 55.6 Å². The topological polar surface area (TPSA) is 95.9 Å². The molecule has 0 radical (unpaired) electrons. The van der Waals surface area contributed by atoms with Crippen LogP contribution in [0.4, 0.5) is 0 Å². The lowest BCUT2D eigenvalue weighted by Gasteiger charge is -2.15. The summed E-state index contributed by atoms with van der Waals surface area (Å²) in [6.45, 7) is 3.20. The van der Waals surface area contributed by atoms with Crippen LogP contribution in [0.25, 0.3) is 11.0 Å². The van der Waals surface area contributed by atoms with Crippen LogP contribution in [0.1, 0.15) is 29.5 Å². The third-order valence-corrected chi connectivity index (χ3v) is 4.60. The normalized spacial score (nSPS) is 17.0. The highest BCUT2D eigenvalue weighted by Gasteiger charge is 2.28. The quantitative estimate of drug-likeness (QED) is 0.736. The van der Waals surface area contributed by atoms with E-state index in [0.717, 1.165) is 23.1 Å². The predicted octanol–water partition coefficient (Wildman–Crippen LogP) is 1.16. The number of aromatic amines is 1. The van der Waals surface area contributed by atoms with Crippen LogP contribution in [0.5, 0.6) is 0 Å². The van der Waals surface area contributed by atoms with E-state index in [1.165, 1.54) is 6.92 Å². The minimum Gasteiger partial charge on any atom is -0.352 e. The maximum atomic E-state index is 12.6. The van der Waals surface area contributed by atoms with Crippen LogP contribution in [-0.2, 0) is 11.3 Å². The van der Waals surface area contributed by atoms with E-state index in [9.17, 15) is 9.59 Å². The molecule has 1 atom stereocenters. The van der Waals surface area contributed by atoms with E-state index in [1.807, 2.05) is 28.8 Å². The van der Waals surface area contributed by atoms with E-state index in [-0.39, 0.29) is 17.9 Å². The number of hydrogen-bond acceptors (Lipinski definition) is 4. The molecule has 1 aromatic carbocycles. The molecular formula is C18H20N6O2. The van der Waals surface area contributed by atoms with E-state index >= 15 is 0 Å². The lowest BCUT2D eigenvalue weighted by atomic mass is 10.2. The first-order chi connectivity index (χ1) is 12.6. The zero-order valence-corrected chi connectivity index (χ0v) is 14.5. The summed E-state index contributed by atoms with van der Waals surface area (Å²) < 4.78 is 2.01. The number of aromatic nitrogens is 4. The van der Waals surface area contributed by atoms with Crippen molar-refractivity contribution in [1.82, 2.24) is 30.0 Å². The number of hydrogen-bond donors (Lipinski definition) is 2. The molecule has 1 fully saturated rings. The smallest absolute Gasteiger partial charge is 0.274 e. The SMILES string of the molecule is CC(=O)N[C@H]1CCN(C(=O)c2cc(Cn3cnc4ccccc43)[nH]n2)C1. The Bertz CT molecular complexity index is 959. The van der Waals surface area contributed by atoms with Crippen LogP contribution in [0, 0.1) is 0 Å². The lowest BCUT2D eigenvalue weighted by Crippen LogP contribution is -2.37. The van der Waals surface area contributed by atoms with Gasteiger partial charge < -0.3 is 14.8 Å². The fourth-order valence-corrected chi connectivity index (χ4v) is 3.38. The van der Waals surface area contributed by atoms with Gasteiger partial charge in [0.05, 0.1) is 29.6 Å². The van der Waals surface area contributed by atoms with Gasteiger partial charge in [-0.05, 0) is 24.6 Å². The van der Waals surface area contributed by atoms with Crippen LogP contribution in [0.3, 0.4) is 0 Å². The van der Waals surface area contributed by atoms with Crippen LogP contribution >= 0.6 is 0 Å². The van der Waals surface area contributed by atoms with E-state index in [2.05, 4.69) is 20.5 Å². The van der Waals surface area contributed by atoms with Gasteiger partial charge in [-0.25, -0.2) is 4.98 Å². The highest BCUT2D eigenvalue weighted by atomic mass is 16.2. The molecule has 0 saturated carbocycles. The van der Waals surface area contributed by atoms with Gasteiger partial charge in [-0.1, -0.05) is 12.1 Å². The summed E-state index contributed by atoms with van der Waals surface area (Å²) in [5.41, 5.74) is 3.21. The molecule has 0 unspecified atom stereocenters. The van der Waals surface area contributed by atoms with Crippen molar-refractivity contribution in [2.45, 2.75) is 25.9 Å². The first-order valence-electron chi connectivity index (χ1n) is 8.60. The summed E-state index contributed by atoms with van der Waals surface area (Å²) in [4.78, 5) is 29.9. The number of benzene rings is 1. The minimum absolute atomic E-state index is 0.0205. The number of amides is 2. The highest BCUT2D eigenvalue weighted by molar-refractivity contribution is 5.92. The first-order valence-corrected chi connectivity index (χ1v) is 8.60. The second-order valence-electron chi connectivity index (χ2n) is 6.58. The summed E-state index contributed by atoms with van der Waals surface area (Å²) in [6, 6.07) is 9.71. The monoisotopic (exact) mass is 352 g/mol. The number of carbonyl (C=O) groups is 2. The van der Waals surface area contributed by atoms with Crippen molar-refractivity contribution >= 4 is 22.8 Å². The van der Waals surface area contributed by atoms with Crippen molar-refractivity contribution in [1.29, 1.82) is 0 Å². The van der Waals surface area contributed by atoms with Crippen molar-refractivity contribution in [3.05, 3.63) is 48.0 Å². The van der Waals surface area contributed by atoms with Gasteiger partial charge in [-0.15, -0.1) is 0 Å². The van der Waals surface area contributed by atoms with Gasteiger partial charge in [-0.3, -0.25) is 14.7 Å². The van der Waals surface area contributed by atoms with Gasteiger partial charge in [0.1, 0.15) is 5.69 Å². The summed E-state index contributed by atoms with van der Waals surface area (Å²) >= 11 is 0. The minimum atomic E-state index is -0.115. The predicted molar refractivity (Wildman–Crippen MR) is 95.5 cm³/mol. The highest BCUT2D eigenvalue weighted by Crippen LogP contribution is 2.16. The molecule has 2 amide bonds. The Kier molecular flexibility index (Phi) is 4.16. The Labute approximate surface area is 150 Å². The lowest BCUT2D eigenvalue weighted by molar-refractivity contribution is -0.119. The number of para-hydroxylation sites is 2. The number of nitrogens with zero attached hydrogens (tertiary/aromatic N) is 4. The molecular weight excluding hydrogens is 332 g/mol. The van der Waals surface area contributed by atoms with E-state index in [4.69, 9.17) is 0 Å². The number of imidazole rings is 1. The maximum Gasteiger partial charge on any atom is 0.274 e. The largest absolute Gasteiger partial charge is 0.352 e. The Morgan fingerprint density at radius 2 is 2.19 bits per heavy atom. The Hall–Kier alpha value is -3.16. The van der Waals surface area contributed by atoms with Gasteiger partial charge in [0, 0.05) is 26.1 Å². The molecule has 0 spiro atoms. The van der Waals surface area contributed by atoms with Crippen molar-refractivity contribution in [3.63, 3.8) is 0 Å². The van der Waals surface area contributed by atoms with Crippen molar-refractivity contribution in [2.75, 3.05) is 13.1 Å². The number of fused-ring (bicyclic) bond motifs is 1. The molecule has 1 aliphatic rings. The number of rotatable bonds is 4. The van der Waals surface area contributed by atoms with Gasteiger partial charge in [0.15, 0.2) is 0 Å². The Balaban J connectivity index is 1.45. The summed E-state index contributed by atoms with van der Waals surface area (Å²) in [5, 5.41) is 9.97. The Morgan fingerprint density at radius 3 is 3.04 bits per heavy atom. The second-order valence-corrected chi connectivity index (χ2v) is 6.58. The van der Waals surface area contributed by atoms with Crippen LogP contribution in [0.15, 0.2) is 36.7 Å². The average molecular weight is 352 g/mol. The third-order valence-electron chi connectivity index (χ3n) is 4.60. The summed E-state index contributed by atoms with van der Waals surface area (Å²) in [7, 11) is 0. The fourth-order valence-electron chi connectivity index (χ4n) is 3.38. The molecule has 8 nitrogen and oxygen atoms in total.